The Labute approximate surface area is 241 Å². The van der Waals surface area contributed by atoms with Crippen molar-refractivity contribution in [2.75, 3.05) is 37.7 Å². The molecule has 2 bridgehead atoms. The molecule has 4 aliphatic heterocycles. The van der Waals surface area contributed by atoms with Gasteiger partial charge in [0.1, 0.15) is 35.6 Å². The largest absolute Gasteiger partial charge is 0.508 e. The van der Waals surface area contributed by atoms with Gasteiger partial charge in [0.05, 0.1) is 10.9 Å². The van der Waals surface area contributed by atoms with Crippen LogP contribution in [0, 0.1) is 12.7 Å². The highest BCUT2D eigenvalue weighted by molar-refractivity contribution is 6.01. The molecule has 0 unspecified atom stereocenters. The SMILES string of the molecule is Cc1nccc2cc(O)cc(-c3ncc4c(N5C[C@H]6CC[C@@H](C5)N6)nc(OC[C@@]56CCCN5C[C@H](F)C6)nc4c3F)c12. The molecule has 4 saturated heterocycles. The van der Waals surface area contributed by atoms with Crippen LogP contribution >= 0.6 is 0 Å². The predicted molar refractivity (Wildman–Crippen MR) is 155 cm³/mol. The van der Waals surface area contributed by atoms with Gasteiger partial charge in [-0.1, -0.05) is 0 Å². The number of aromatic hydroxyl groups is 1. The fourth-order valence-corrected chi connectivity index (χ4v) is 7.80. The summed E-state index contributed by atoms with van der Waals surface area (Å²) in [6.45, 7) is 4.87. The summed E-state index contributed by atoms with van der Waals surface area (Å²) in [4.78, 5) is 22.8. The Morgan fingerprint density at radius 3 is 2.81 bits per heavy atom. The van der Waals surface area contributed by atoms with E-state index in [1.165, 1.54) is 6.07 Å². The second-order valence-electron chi connectivity index (χ2n) is 12.4. The number of benzene rings is 1. The molecule has 1 aromatic carbocycles. The number of aryl methyl sites for hydroxylation is 1. The molecule has 42 heavy (non-hydrogen) atoms. The minimum Gasteiger partial charge on any atom is -0.508 e. The quantitative estimate of drug-likeness (QED) is 0.362. The standard InChI is InChI=1S/C31H33F2N7O2/c1-17-25-18(5-7-34-17)9-22(41)10-23(25)27-26(33)28-24(12-35-27)29(39-14-20-3-4-21(15-39)36-20)38-30(37-28)42-16-31-6-2-8-40(31)13-19(32)11-31/h5,7,9-10,12,19-21,36,41H,2-4,6,8,11,13-16H2,1H3/t19-,20-,21+,31+/m1/s1. The molecule has 0 saturated carbocycles. The lowest BCUT2D eigenvalue weighted by Gasteiger charge is -2.34. The van der Waals surface area contributed by atoms with E-state index in [9.17, 15) is 9.50 Å². The van der Waals surface area contributed by atoms with Crippen LogP contribution in [0.4, 0.5) is 14.6 Å². The number of fused-ring (bicyclic) bond motifs is 5. The highest BCUT2D eigenvalue weighted by Gasteiger charge is 2.49. The van der Waals surface area contributed by atoms with Crippen molar-refractivity contribution < 1.29 is 18.6 Å². The number of phenols is 1. The summed E-state index contributed by atoms with van der Waals surface area (Å²) in [5, 5.41) is 16.1. The summed E-state index contributed by atoms with van der Waals surface area (Å²) < 4.78 is 37.3. The molecule has 3 aromatic heterocycles. The van der Waals surface area contributed by atoms with E-state index in [1.807, 2.05) is 6.92 Å². The Kier molecular flexibility index (Phi) is 5.98. The number of ether oxygens (including phenoxy) is 1. The number of hydrogen-bond donors (Lipinski definition) is 2. The van der Waals surface area contributed by atoms with Crippen LogP contribution < -0.4 is 15.0 Å². The molecule has 2 N–H and O–H groups in total. The zero-order chi connectivity index (χ0) is 28.6. The van der Waals surface area contributed by atoms with Crippen molar-refractivity contribution in [2.24, 2.45) is 0 Å². The summed E-state index contributed by atoms with van der Waals surface area (Å²) in [5.41, 5.74) is 0.958. The van der Waals surface area contributed by atoms with Crippen molar-refractivity contribution in [3.63, 3.8) is 0 Å². The predicted octanol–water partition coefficient (Wildman–Crippen LogP) is 4.29. The van der Waals surface area contributed by atoms with Gasteiger partial charge in [-0.2, -0.15) is 9.97 Å². The van der Waals surface area contributed by atoms with Crippen molar-refractivity contribution in [3.05, 3.63) is 42.1 Å². The van der Waals surface area contributed by atoms with E-state index < -0.39 is 12.0 Å². The number of halogens is 2. The molecule has 218 valence electrons. The number of phenolic OH excluding ortho intramolecular Hbond substituents is 1. The molecular formula is C31H33F2N7O2. The second kappa shape index (κ2) is 9.67. The van der Waals surface area contributed by atoms with Crippen LogP contribution in [0.5, 0.6) is 11.8 Å². The van der Waals surface area contributed by atoms with Crippen LogP contribution in [0.25, 0.3) is 32.9 Å². The van der Waals surface area contributed by atoms with E-state index >= 15 is 4.39 Å². The molecule has 4 aromatic rings. The summed E-state index contributed by atoms with van der Waals surface area (Å²) >= 11 is 0. The van der Waals surface area contributed by atoms with Gasteiger partial charge in [-0.05, 0) is 62.7 Å². The molecule has 8 rings (SSSR count). The minimum atomic E-state index is -0.876. The van der Waals surface area contributed by atoms with Crippen molar-refractivity contribution in [1.29, 1.82) is 0 Å². The Morgan fingerprint density at radius 2 is 1.98 bits per heavy atom. The van der Waals surface area contributed by atoms with E-state index in [-0.39, 0.29) is 35.1 Å². The van der Waals surface area contributed by atoms with E-state index in [4.69, 9.17) is 9.72 Å². The third kappa shape index (κ3) is 4.16. The molecule has 11 heteroatoms. The second-order valence-corrected chi connectivity index (χ2v) is 12.4. The average molecular weight is 574 g/mol. The number of pyridine rings is 2. The zero-order valence-corrected chi connectivity index (χ0v) is 23.5. The minimum absolute atomic E-state index is 0.0104. The number of rotatable bonds is 5. The number of alkyl halides is 1. The fraction of sp³-hybridized carbons (Fsp3) is 0.484. The average Bonchev–Trinajstić information content (AvgIpc) is 3.61. The Hall–Kier alpha value is -3.70. The smallest absolute Gasteiger partial charge is 0.319 e. The van der Waals surface area contributed by atoms with Crippen LogP contribution in [0.2, 0.25) is 0 Å². The Balaban J connectivity index is 1.26. The van der Waals surface area contributed by atoms with Gasteiger partial charge in [0.25, 0.3) is 0 Å². The van der Waals surface area contributed by atoms with Gasteiger partial charge in [0, 0.05) is 67.2 Å². The van der Waals surface area contributed by atoms with Gasteiger partial charge in [-0.15, -0.1) is 0 Å². The van der Waals surface area contributed by atoms with Gasteiger partial charge in [-0.25, -0.2) is 8.78 Å². The lowest BCUT2D eigenvalue weighted by Crippen LogP contribution is -2.51. The summed E-state index contributed by atoms with van der Waals surface area (Å²) in [5.74, 6) is -0.00340. The van der Waals surface area contributed by atoms with Gasteiger partial charge in [-0.3, -0.25) is 14.9 Å². The Bertz CT molecular complexity index is 1710. The van der Waals surface area contributed by atoms with E-state index in [0.29, 0.717) is 52.9 Å². The van der Waals surface area contributed by atoms with Crippen molar-refractivity contribution in [1.82, 2.24) is 30.2 Å². The zero-order valence-electron chi connectivity index (χ0n) is 23.5. The molecule has 4 fully saturated rings. The topological polar surface area (TPSA) is 99.5 Å². The fourth-order valence-electron chi connectivity index (χ4n) is 7.80. The first kappa shape index (κ1) is 26.0. The van der Waals surface area contributed by atoms with Crippen LogP contribution in [-0.2, 0) is 0 Å². The third-order valence-electron chi connectivity index (χ3n) is 9.68. The van der Waals surface area contributed by atoms with Gasteiger partial charge in [0.2, 0.25) is 0 Å². The maximum absolute atomic E-state index is 16.6. The van der Waals surface area contributed by atoms with Crippen LogP contribution in [0.3, 0.4) is 0 Å². The highest BCUT2D eigenvalue weighted by Crippen LogP contribution is 2.41. The van der Waals surface area contributed by atoms with E-state index in [0.717, 1.165) is 50.7 Å². The maximum Gasteiger partial charge on any atom is 0.319 e. The van der Waals surface area contributed by atoms with Crippen molar-refractivity contribution >= 4 is 27.5 Å². The normalized spacial score (nSPS) is 27.3. The van der Waals surface area contributed by atoms with Gasteiger partial charge in [0.15, 0.2) is 5.82 Å². The molecule has 0 amide bonds. The monoisotopic (exact) mass is 573 g/mol. The molecule has 0 spiro atoms. The molecule has 0 radical (unpaired) electrons. The van der Waals surface area contributed by atoms with Crippen molar-refractivity contribution in [3.8, 4) is 23.0 Å². The first-order valence-electron chi connectivity index (χ1n) is 14.8. The molecule has 9 nitrogen and oxygen atoms in total. The number of nitrogens with zero attached hydrogens (tertiary/aromatic N) is 6. The van der Waals surface area contributed by atoms with Gasteiger partial charge < -0.3 is 20.1 Å². The number of hydrogen-bond acceptors (Lipinski definition) is 9. The lowest BCUT2D eigenvalue weighted by atomic mass is 9.95. The summed E-state index contributed by atoms with van der Waals surface area (Å²) in [6.07, 6.45) is 6.87. The summed E-state index contributed by atoms with van der Waals surface area (Å²) in [6, 6.07) is 5.70. The molecular weight excluding hydrogens is 540 g/mol. The first-order chi connectivity index (χ1) is 20.4. The Morgan fingerprint density at radius 1 is 1.14 bits per heavy atom. The van der Waals surface area contributed by atoms with Crippen LogP contribution in [0.15, 0.2) is 30.6 Å². The van der Waals surface area contributed by atoms with Crippen molar-refractivity contribution in [2.45, 2.75) is 62.8 Å². The molecule has 7 heterocycles. The third-order valence-corrected chi connectivity index (χ3v) is 9.68. The number of nitrogens with one attached hydrogen (secondary N) is 1. The van der Waals surface area contributed by atoms with E-state index in [1.54, 1.807) is 24.5 Å². The van der Waals surface area contributed by atoms with E-state index in [2.05, 4.69) is 30.1 Å². The van der Waals surface area contributed by atoms with Gasteiger partial charge >= 0.3 is 6.01 Å². The van der Waals surface area contributed by atoms with Crippen LogP contribution in [-0.4, -0.2) is 86.5 Å². The number of piperazine rings is 1. The molecule has 4 aliphatic rings. The molecule has 4 atom stereocenters. The first-order valence-corrected chi connectivity index (χ1v) is 14.8. The number of aromatic nitrogens is 4. The highest BCUT2D eigenvalue weighted by atomic mass is 19.1. The molecule has 0 aliphatic carbocycles. The lowest BCUT2D eigenvalue weighted by molar-refractivity contribution is 0.107. The van der Waals surface area contributed by atoms with Crippen LogP contribution in [0.1, 0.15) is 37.8 Å². The number of anilines is 1. The maximum atomic E-state index is 16.6. The summed E-state index contributed by atoms with van der Waals surface area (Å²) in [7, 11) is 0.